The van der Waals surface area contributed by atoms with Crippen molar-refractivity contribution < 1.29 is 13.2 Å². The van der Waals surface area contributed by atoms with Crippen molar-refractivity contribution in [2.24, 2.45) is 0 Å². The summed E-state index contributed by atoms with van der Waals surface area (Å²) in [6, 6.07) is 16.2. The van der Waals surface area contributed by atoms with E-state index < -0.39 is 11.9 Å². The number of aromatic nitrogens is 2. The van der Waals surface area contributed by atoms with Crippen LogP contribution < -0.4 is 0 Å². The fourth-order valence-electron chi connectivity index (χ4n) is 2.19. The molecule has 2 aromatic carbocycles. The Labute approximate surface area is 125 Å². The minimum atomic E-state index is -4.43. The van der Waals surface area contributed by atoms with Crippen LogP contribution in [0.3, 0.4) is 0 Å². The Kier molecular flexibility index (Phi) is 3.48. The molecule has 0 aliphatic rings. The first kappa shape index (κ1) is 14.4. The molecule has 0 saturated heterocycles. The average Bonchev–Trinajstić information content (AvgIpc) is 2.98. The highest BCUT2D eigenvalue weighted by molar-refractivity contribution is 5.66. The molecule has 22 heavy (non-hydrogen) atoms. The van der Waals surface area contributed by atoms with Crippen LogP contribution in [0.2, 0.25) is 0 Å². The second kappa shape index (κ2) is 5.33. The minimum absolute atomic E-state index is 0.591. The average molecular weight is 302 g/mol. The molecule has 0 aliphatic carbocycles. The zero-order valence-corrected chi connectivity index (χ0v) is 11.8. The van der Waals surface area contributed by atoms with Crippen LogP contribution in [0.5, 0.6) is 0 Å². The first-order valence-electron chi connectivity index (χ1n) is 6.74. The summed E-state index contributed by atoms with van der Waals surface area (Å²) in [6.45, 7) is 2.00. The summed E-state index contributed by atoms with van der Waals surface area (Å²) in [5, 5.41) is 3.59. The highest BCUT2D eigenvalue weighted by atomic mass is 19.4. The quantitative estimate of drug-likeness (QED) is 0.660. The monoisotopic (exact) mass is 302 g/mol. The van der Waals surface area contributed by atoms with Gasteiger partial charge in [-0.1, -0.05) is 42.0 Å². The third-order valence-corrected chi connectivity index (χ3v) is 3.38. The Bertz CT molecular complexity index is 786. The van der Waals surface area contributed by atoms with Crippen molar-refractivity contribution in [3.8, 4) is 16.8 Å². The molecule has 0 saturated carbocycles. The van der Waals surface area contributed by atoms with Crippen molar-refractivity contribution in [3.63, 3.8) is 0 Å². The fourth-order valence-corrected chi connectivity index (χ4v) is 2.19. The number of nitrogens with zero attached hydrogens (tertiary/aromatic N) is 2. The highest BCUT2D eigenvalue weighted by Gasteiger charge is 2.33. The van der Waals surface area contributed by atoms with Gasteiger partial charge < -0.3 is 0 Å². The lowest BCUT2D eigenvalue weighted by molar-refractivity contribution is -0.141. The first-order valence-corrected chi connectivity index (χ1v) is 6.74. The maximum absolute atomic E-state index is 12.6. The third kappa shape index (κ3) is 2.88. The van der Waals surface area contributed by atoms with Gasteiger partial charge in [0.15, 0.2) is 5.69 Å². The zero-order valence-electron chi connectivity index (χ0n) is 11.8. The van der Waals surface area contributed by atoms with Crippen LogP contribution >= 0.6 is 0 Å². The third-order valence-electron chi connectivity index (χ3n) is 3.38. The van der Waals surface area contributed by atoms with Crippen molar-refractivity contribution in [2.75, 3.05) is 0 Å². The number of benzene rings is 2. The number of hydrogen-bond acceptors (Lipinski definition) is 1. The Balaban J connectivity index is 1.97. The van der Waals surface area contributed by atoms with Gasteiger partial charge in [0, 0.05) is 6.20 Å². The van der Waals surface area contributed by atoms with E-state index in [2.05, 4.69) is 5.10 Å². The maximum atomic E-state index is 12.6. The summed E-state index contributed by atoms with van der Waals surface area (Å²) in [5.41, 5.74) is 2.79. The molecule has 1 aromatic heterocycles. The molecule has 0 aliphatic heterocycles. The van der Waals surface area contributed by atoms with Gasteiger partial charge in [-0.25, -0.2) is 4.68 Å². The van der Waals surface area contributed by atoms with Gasteiger partial charge in [0.1, 0.15) is 0 Å². The van der Waals surface area contributed by atoms with Crippen molar-refractivity contribution >= 4 is 0 Å². The summed E-state index contributed by atoms with van der Waals surface area (Å²) in [4.78, 5) is 0. The number of alkyl halides is 3. The molecule has 0 unspecified atom stereocenters. The van der Waals surface area contributed by atoms with E-state index in [1.165, 1.54) is 10.9 Å². The molecule has 1 heterocycles. The highest BCUT2D eigenvalue weighted by Crippen LogP contribution is 2.28. The lowest BCUT2D eigenvalue weighted by Gasteiger charge is -2.07. The van der Waals surface area contributed by atoms with E-state index in [9.17, 15) is 13.2 Å². The molecule has 0 atom stereocenters. The topological polar surface area (TPSA) is 17.8 Å². The second-order valence-electron chi connectivity index (χ2n) is 5.06. The summed E-state index contributed by atoms with van der Waals surface area (Å²) in [5.74, 6) is 0. The maximum Gasteiger partial charge on any atom is 0.435 e. The summed E-state index contributed by atoms with van der Waals surface area (Å²) in [7, 11) is 0. The van der Waals surface area contributed by atoms with Gasteiger partial charge in [0.05, 0.1) is 5.69 Å². The molecule has 0 bridgehead atoms. The van der Waals surface area contributed by atoms with Gasteiger partial charge in [-0.05, 0) is 36.2 Å². The van der Waals surface area contributed by atoms with E-state index in [4.69, 9.17) is 0 Å². The van der Waals surface area contributed by atoms with Crippen molar-refractivity contribution in [1.29, 1.82) is 0 Å². The minimum Gasteiger partial charge on any atom is -0.240 e. The van der Waals surface area contributed by atoms with Crippen molar-refractivity contribution in [2.45, 2.75) is 13.1 Å². The van der Waals surface area contributed by atoms with E-state index in [0.717, 1.165) is 22.8 Å². The smallest absolute Gasteiger partial charge is 0.240 e. The molecule has 3 rings (SSSR count). The van der Waals surface area contributed by atoms with Crippen LogP contribution in [0.1, 0.15) is 11.3 Å². The molecule has 0 radical (unpaired) electrons. The Morgan fingerprint density at radius 2 is 1.64 bits per heavy atom. The van der Waals surface area contributed by atoms with E-state index in [1.54, 1.807) is 12.1 Å². The Hall–Kier alpha value is -2.56. The van der Waals surface area contributed by atoms with Gasteiger partial charge in [-0.3, -0.25) is 0 Å². The molecule has 0 fully saturated rings. The van der Waals surface area contributed by atoms with Crippen molar-refractivity contribution in [3.05, 3.63) is 72.1 Å². The largest absolute Gasteiger partial charge is 0.435 e. The van der Waals surface area contributed by atoms with Gasteiger partial charge in [-0.15, -0.1) is 0 Å². The molecule has 0 N–H and O–H groups in total. The fraction of sp³-hybridized carbons (Fsp3) is 0.118. The molecule has 0 amide bonds. The van der Waals surface area contributed by atoms with E-state index in [0.29, 0.717) is 5.69 Å². The summed E-state index contributed by atoms with van der Waals surface area (Å²) >= 11 is 0. The molecule has 0 spiro atoms. The number of hydrogen-bond donors (Lipinski definition) is 0. The van der Waals surface area contributed by atoms with Crippen LogP contribution in [-0.4, -0.2) is 9.78 Å². The van der Waals surface area contributed by atoms with Crippen LogP contribution in [-0.2, 0) is 6.18 Å². The van der Waals surface area contributed by atoms with E-state index >= 15 is 0 Å². The zero-order chi connectivity index (χ0) is 15.7. The lowest BCUT2D eigenvalue weighted by atomic mass is 10.0. The van der Waals surface area contributed by atoms with Crippen LogP contribution in [0.15, 0.2) is 60.8 Å². The van der Waals surface area contributed by atoms with Gasteiger partial charge in [0.25, 0.3) is 0 Å². The number of halogens is 3. The van der Waals surface area contributed by atoms with Gasteiger partial charge >= 0.3 is 6.18 Å². The van der Waals surface area contributed by atoms with E-state index in [-0.39, 0.29) is 0 Å². The Morgan fingerprint density at radius 3 is 2.27 bits per heavy atom. The van der Waals surface area contributed by atoms with Crippen LogP contribution in [0, 0.1) is 6.92 Å². The van der Waals surface area contributed by atoms with Crippen LogP contribution in [0.25, 0.3) is 16.8 Å². The summed E-state index contributed by atoms with van der Waals surface area (Å²) < 4.78 is 39.1. The SMILES string of the molecule is Cc1ccc(-c2cccc(-n3ccc(C(F)(F)F)n3)c2)cc1. The van der Waals surface area contributed by atoms with Crippen molar-refractivity contribution in [1.82, 2.24) is 9.78 Å². The predicted octanol–water partition coefficient (Wildman–Crippen LogP) is 4.87. The Morgan fingerprint density at radius 1 is 0.909 bits per heavy atom. The van der Waals surface area contributed by atoms with Gasteiger partial charge in [0.2, 0.25) is 0 Å². The molecule has 2 nitrogen and oxygen atoms in total. The first-order chi connectivity index (χ1) is 10.4. The van der Waals surface area contributed by atoms with Gasteiger partial charge in [-0.2, -0.15) is 18.3 Å². The molecule has 112 valence electrons. The van der Waals surface area contributed by atoms with E-state index in [1.807, 2.05) is 43.3 Å². The number of aryl methyl sites for hydroxylation is 1. The molecular formula is C17H13F3N2. The van der Waals surface area contributed by atoms with Crippen LogP contribution in [0.4, 0.5) is 13.2 Å². The number of rotatable bonds is 2. The second-order valence-corrected chi connectivity index (χ2v) is 5.06. The molecule has 5 heteroatoms. The lowest BCUT2D eigenvalue weighted by Crippen LogP contribution is -2.07. The molecular weight excluding hydrogens is 289 g/mol. The normalized spacial score (nSPS) is 11.6. The molecule has 3 aromatic rings. The standard InChI is InChI=1S/C17H13F3N2/c1-12-5-7-13(8-6-12)14-3-2-4-15(11-14)22-10-9-16(21-22)17(18,19)20/h2-11H,1H3. The summed E-state index contributed by atoms with van der Waals surface area (Å²) in [6.07, 6.45) is -3.11. The predicted molar refractivity (Wildman–Crippen MR) is 78.7 cm³/mol.